The van der Waals surface area contributed by atoms with E-state index in [4.69, 9.17) is 16.6 Å². The van der Waals surface area contributed by atoms with Crippen LogP contribution in [0.15, 0.2) is 4.99 Å². The van der Waals surface area contributed by atoms with Gasteiger partial charge in [0.05, 0.1) is 18.0 Å². The molecule has 5 nitrogen and oxygen atoms in total. The summed E-state index contributed by atoms with van der Waals surface area (Å²) in [7, 11) is 0. The lowest BCUT2D eigenvalue weighted by Crippen LogP contribution is -2.48. The fourth-order valence-corrected chi connectivity index (χ4v) is 1.16. The van der Waals surface area contributed by atoms with Gasteiger partial charge in [0.2, 0.25) is 0 Å². The number of nitrogens with zero attached hydrogens (tertiary/aromatic N) is 1. The molecule has 0 radical (unpaired) electrons. The maximum atomic E-state index is 9.61. The first-order valence-electron chi connectivity index (χ1n) is 5.25. The molecular formula is C10H23N3O2. The Hall–Kier alpha value is -0.650. The molecule has 0 aliphatic rings. The zero-order chi connectivity index (χ0) is 11.9. The van der Waals surface area contributed by atoms with Crippen molar-refractivity contribution in [1.29, 1.82) is 0 Å². The van der Waals surface area contributed by atoms with Crippen LogP contribution in [0.1, 0.15) is 33.1 Å². The molecule has 0 amide bonds. The molecule has 0 aromatic rings. The molecule has 0 rings (SSSR count). The molecule has 0 aromatic heterocycles. The van der Waals surface area contributed by atoms with E-state index in [2.05, 4.69) is 4.99 Å². The highest BCUT2D eigenvalue weighted by molar-refractivity contribution is 5.77. The number of hydrogen-bond donors (Lipinski definition) is 4. The minimum Gasteiger partial charge on any atom is -0.393 e. The number of hydrogen-bond acceptors (Lipinski definition) is 4. The van der Waals surface area contributed by atoms with Crippen molar-refractivity contribution in [1.82, 2.24) is 0 Å². The van der Waals surface area contributed by atoms with Gasteiger partial charge in [0, 0.05) is 12.6 Å². The van der Waals surface area contributed by atoms with E-state index in [9.17, 15) is 5.11 Å². The highest BCUT2D eigenvalue weighted by Crippen LogP contribution is 2.12. The molecule has 0 bridgehead atoms. The van der Waals surface area contributed by atoms with E-state index >= 15 is 0 Å². The van der Waals surface area contributed by atoms with Crippen molar-refractivity contribution < 1.29 is 10.2 Å². The normalized spacial score (nSPS) is 18.6. The monoisotopic (exact) mass is 217 g/mol. The predicted molar refractivity (Wildman–Crippen MR) is 61.7 cm³/mol. The lowest BCUT2D eigenvalue weighted by molar-refractivity contribution is -0.0215. The summed E-state index contributed by atoms with van der Waals surface area (Å²) in [5.74, 6) is 0.585. The van der Waals surface area contributed by atoms with Crippen LogP contribution >= 0.6 is 0 Å². The molecule has 90 valence electrons. The van der Waals surface area contributed by atoms with Crippen LogP contribution in [0.2, 0.25) is 0 Å². The summed E-state index contributed by atoms with van der Waals surface area (Å²) in [5.41, 5.74) is 9.92. The lowest BCUT2D eigenvalue weighted by atomic mass is 9.94. The minimum atomic E-state index is -1.19. The van der Waals surface area contributed by atoms with Crippen LogP contribution < -0.4 is 11.5 Å². The third-order valence-corrected chi connectivity index (χ3v) is 2.40. The second-order valence-corrected chi connectivity index (χ2v) is 4.14. The van der Waals surface area contributed by atoms with Gasteiger partial charge in [-0.2, -0.15) is 0 Å². The average Bonchev–Trinajstić information content (AvgIpc) is 2.16. The maximum Gasteiger partial charge on any atom is 0.0999 e. The summed E-state index contributed by atoms with van der Waals surface area (Å²) in [6.07, 6.45) is 2.44. The van der Waals surface area contributed by atoms with Crippen LogP contribution in [0.25, 0.3) is 0 Å². The van der Waals surface area contributed by atoms with Gasteiger partial charge in [-0.15, -0.1) is 0 Å². The SMILES string of the molecule is CC(N)=NCCCC[C@H](N)[C@](C)(O)CO. The smallest absolute Gasteiger partial charge is 0.0999 e. The lowest BCUT2D eigenvalue weighted by Gasteiger charge is -2.27. The van der Waals surface area contributed by atoms with Gasteiger partial charge in [0.15, 0.2) is 0 Å². The van der Waals surface area contributed by atoms with Crippen molar-refractivity contribution in [3.05, 3.63) is 0 Å². The molecule has 0 saturated carbocycles. The van der Waals surface area contributed by atoms with Gasteiger partial charge in [0.1, 0.15) is 0 Å². The van der Waals surface area contributed by atoms with Crippen molar-refractivity contribution in [3.63, 3.8) is 0 Å². The van der Waals surface area contributed by atoms with E-state index in [0.717, 1.165) is 12.8 Å². The standard InChI is InChI=1S/C10H23N3O2/c1-8(11)13-6-4-3-5-9(12)10(2,15)7-14/h9,14-15H,3-7,12H2,1-2H3,(H2,11,13)/t9-,10+/m0/s1. The van der Waals surface area contributed by atoms with Crippen LogP contribution in [0.3, 0.4) is 0 Å². The maximum absolute atomic E-state index is 9.61. The molecule has 0 fully saturated rings. The number of nitrogens with two attached hydrogens (primary N) is 2. The van der Waals surface area contributed by atoms with Crippen LogP contribution in [-0.2, 0) is 0 Å². The van der Waals surface area contributed by atoms with Crippen LogP contribution in [0.4, 0.5) is 0 Å². The van der Waals surface area contributed by atoms with Crippen molar-refractivity contribution in [3.8, 4) is 0 Å². The van der Waals surface area contributed by atoms with Crippen molar-refractivity contribution in [2.75, 3.05) is 13.2 Å². The van der Waals surface area contributed by atoms with Crippen LogP contribution in [0.5, 0.6) is 0 Å². The Morgan fingerprint density at radius 1 is 1.47 bits per heavy atom. The number of unbranched alkanes of at least 4 members (excludes halogenated alkanes) is 1. The first kappa shape index (κ1) is 14.3. The van der Waals surface area contributed by atoms with Gasteiger partial charge >= 0.3 is 0 Å². The topological polar surface area (TPSA) is 105 Å². The fraction of sp³-hybridized carbons (Fsp3) is 0.900. The molecule has 0 heterocycles. The van der Waals surface area contributed by atoms with E-state index in [1.54, 1.807) is 13.8 Å². The fourth-order valence-electron chi connectivity index (χ4n) is 1.16. The molecule has 2 atom stereocenters. The molecule has 0 aliphatic carbocycles. The number of rotatable bonds is 7. The van der Waals surface area contributed by atoms with Gasteiger partial charge in [-0.1, -0.05) is 0 Å². The summed E-state index contributed by atoms with van der Waals surface area (Å²) >= 11 is 0. The summed E-state index contributed by atoms with van der Waals surface area (Å²) < 4.78 is 0. The number of aliphatic hydroxyl groups excluding tert-OH is 1. The summed E-state index contributed by atoms with van der Waals surface area (Å²) in [6.45, 7) is 3.67. The predicted octanol–water partition coefficient (Wildman–Crippen LogP) is -0.396. The van der Waals surface area contributed by atoms with Crippen LogP contribution in [0, 0.1) is 0 Å². The Kier molecular flexibility index (Phi) is 6.47. The molecule has 0 spiro atoms. The highest BCUT2D eigenvalue weighted by Gasteiger charge is 2.27. The number of amidine groups is 1. The third-order valence-electron chi connectivity index (χ3n) is 2.40. The zero-order valence-corrected chi connectivity index (χ0v) is 9.61. The van der Waals surface area contributed by atoms with E-state index < -0.39 is 11.6 Å². The van der Waals surface area contributed by atoms with Gasteiger partial charge in [-0.25, -0.2) is 0 Å². The van der Waals surface area contributed by atoms with Crippen molar-refractivity contribution >= 4 is 5.84 Å². The Morgan fingerprint density at radius 2 is 2.07 bits per heavy atom. The second-order valence-electron chi connectivity index (χ2n) is 4.14. The van der Waals surface area contributed by atoms with E-state index in [-0.39, 0.29) is 6.61 Å². The van der Waals surface area contributed by atoms with Gasteiger partial charge in [-0.3, -0.25) is 4.99 Å². The summed E-state index contributed by atoms with van der Waals surface area (Å²) in [4.78, 5) is 4.05. The zero-order valence-electron chi connectivity index (χ0n) is 9.61. The van der Waals surface area contributed by atoms with E-state index in [1.165, 1.54) is 0 Å². The average molecular weight is 217 g/mol. The van der Waals surface area contributed by atoms with E-state index in [0.29, 0.717) is 18.8 Å². The number of aliphatic hydroxyl groups is 2. The first-order valence-corrected chi connectivity index (χ1v) is 5.25. The first-order chi connectivity index (χ1) is 6.90. The minimum absolute atomic E-state index is 0.311. The molecule has 5 heteroatoms. The number of aliphatic imine (C=N–C) groups is 1. The molecule has 0 aromatic carbocycles. The van der Waals surface area contributed by atoms with Crippen molar-refractivity contribution in [2.45, 2.75) is 44.8 Å². The molecule has 0 aliphatic heterocycles. The highest BCUT2D eigenvalue weighted by atomic mass is 16.3. The quantitative estimate of drug-likeness (QED) is 0.265. The van der Waals surface area contributed by atoms with E-state index in [1.807, 2.05) is 0 Å². The molecule has 15 heavy (non-hydrogen) atoms. The Balaban J connectivity index is 3.64. The van der Waals surface area contributed by atoms with Crippen molar-refractivity contribution in [2.24, 2.45) is 16.5 Å². The summed E-state index contributed by atoms with van der Waals surface area (Å²) in [6, 6.07) is -0.398. The molecule has 6 N–H and O–H groups in total. The summed E-state index contributed by atoms with van der Waals surface area (Å²) in [5, 5.41) is 18.5. The Labute approximate surface area is 91.2 Å². The Bertz CT molecular complexity index is 201. The molecule has 0 saturated heterocycles. The second kappa shape index (κ2) is 6.76. The van der Waals surface area contributed by atoms with Gasteiger partial charge in [-0.05, 0) is 33.1 Å². The van der Waals surface area contributed by atoms with Gasteiger partial charge in [0.25, 0.3) is 0 Å². The molecule has 0 unspecified atom stereocenters. The third kappa shape index (κ3) is 6.43. The van der Waals surface area contributed by atoms with Gasteiger partial charge < -0.3 is 21.7 Å². The Morgan fingerprint density at radius 3 is 2.53 bits per heavy atom. The molecular weight excluding hydrogens is 194 g/mol. The largest absolute Gasteiger partial charge is 0.393 e. The van der Waals surface area contributed by atoms with Crippen LogP contribution in [-0.4, -0.2) is 40.8 Å².